The second-order valence-electron chi connectivity index (χ2n) is 4.21. The van der Waals surface area contributed by atoms with Gasteiger partial charge in [-0.05, 0) is 48.4 Å². The summed E-state index contributed by atoms with van der Waals surface area (Å²) in [4.78, 5) is 15.7. The highest BCUT2D eigenvalue weighted by Crippen LogP contribution is 2.11. The molecule has 0 atom stereocenters. The van der Waals surface area contributed by atoms with E-state index in [0.717, 1.165) is 11.1 Å². The molecule has 102 valence electrons. The van der Waals surface area contributed by atoms with Crippen molar-refractivity contribution < 1.29 is 4.79 Å². The number of hydrogen-bond donors (Lipinski definition) is 2. The van der Waals surface area contributed by atoms with E-state index in [1.165, 1.54) is 0 Å². The molecule has 1 aromatic carbocycles. The van der Waals surface area contributed by atoms with Gasteiger partial charge in [0.15, 0.2) is 0 Å². The summed E-state index contributed by atoms with van der Waals surface area (Å²) in [5.41, 5.74) is 1.94. The van der Waals surface area contributed by atoms with Gasteiger partial charge in [0.25, 0.3) is 0 Å². The van der Waals surface area contributed by atoms with Gasteiger partial charge in [-0.3, -0.25) is 5.32 Å². The van der Waals surface area contributed by atoms with E-state index in [0.29, 0.717) is 10.8 Å². The topological polar surface area (TPSA) is 54.0 Å². The largest absolute Gasteiger partial charge is 0.324 e. The molecular weight excluding hydrogens is 274 g/mol. The molecule has 5 heteroatoms. The Morgan fingerprint density at radius 2 is 2.15 bits per heavy atom. The number of benzene rings is 1. The predicted octanol–water partition coefficient (Wildman–Crippen LogP) is 3.84. The summed E-state index contributed by atoms with van der Waals surface area (Å²) in [6.45, 7) is 1.93. The number of amides is 2. The van der Waals surface area contributed by atoms with Crippen LogP contribution in [0.4, 0.5) is 10.6 Å². The van der Waals surface area contributed by atoms with Gasteiger partial charge in [-0.25, -0.2) is 9.78 Å². The van der Waals surface area contributed by atoms with Gasteiger partial charge in [-0.1, -0.05) is 23.7 Å². The number of carbonyl (C=O) groups excluding carboxylic acids is 1. The lowest BCUT2D eigenvalue weighted by atomic mass is 10.2. The first kappa shape index (κ1) is 14.1. The van der Waals surface area contributed by atoms with Crippen molar-refractivity contribution in [1.29, 1.82) is 0 Å². The van der Waals surface area contributed by atoms with Crippen LogP contribution in [0.2, 0.25) is 5.02 Å². The Kier molecular flexibility index (Phi) is 4.74. The van der Waals surface area contributed by atoms with E-state index < -0.39 is 0 Å². The molecule has 1 heterocycles. The molecular formula is C15H14ClN3O. The highest BCUT2D eigenvalue weighted by molar-refractivity contribution is 6.30. The van der Waals surface area contributed by atoms with Crippen LogP contribution in [0, 0.1) is 6.92 Å². The standard InChI is InChI=1S/C15H14ClN3O/c1-11-5-7-17-14(9-11)19-15(20)18-8-6-12-3-2-4-13(16)10-12/h2-10H,1H3,(H2,17,18,19,20)/b8-6+. The number of rotatable bonds is 3. The molecule has 20 heavy (non-hydrogen) atoms. The van der Waals surface area contributed by atoms with Gasteiger partial charge in [-0.15, -0.1) is 0 Å². The van der Waals surface area contributed by atoms with E-state index in [2.05, 4.69) is 15.6 Å². The lowest BCUT2D eigenvalue weighted by molar-refractivity contribution is 0.255. The Hall–Kier alpha value is -2.33. The van der Waals surface area contributed by atoms with E-state index in [4.69, 9.17) is 11.6 Å². The zero-order chi connectivity index (χ0) is 14.4. The third-order valence-corrected chi connectivity index (χ3v) is 2.73. The minimum Gasteiger partial charge on any atom is -0.314 e. The highest BCUT2D eigenvalue weighted by atomic mass is 35.5. The minimum absolute atomic E-state index is 0.346. The summed E-state index contributed by atoms with van der Waals surface area (Å²) in [5.74, 6) is 0.513. The molecule has 2 N–H and O–H groups in total. The monoisotopic (exact) mass is 287 g/mol. The number of hydrogen-bond acceptors (Lipinski definition) is 2. The van der Waals surface area contributed by atoms with Crippen LogP contribution < -0.4 is 10.6 Å². The van der Waals surface area contributed by atoms with Gasteiger partial charge < -0.3 is 5.32 Å². The van der Waals surface area contributed by atoms with Crippen molar-refractivity contribution in [3.63, 3.8) is 0 Å². The van der Waals surface area contributed by atoms with Crippen LogP contribution in [0.5, 0.6) is 0 Å². The zero-order valence-corrected chi connectivity index (χ0v) is 11.7. The molecule has 4 nitrogen and oxygen atoms in total. The third kappa shape index (κ3) is 4.40. The zero-order valence-electron chi connectivity index (χ0n) is 10.9. The average Bonchev–Trinajstić information content (AvgIpc) is 2.38. The van der Waals surface area contributed by atoms with E-state index in [1.807, 2.05) is 25.1 Å². The number of carbonyl (C=O) groups is 1. The number of aromatic nitrogens is 1. The normalized spacial score (nSPS) is 10.5. The first-order chi connectivity index (χ1) is 9.63. The van der Waals surface area contributed by atoms with E-state index in [-0.39, 0.29) is 6.03 Å². The molecule has 0 unspecified atom stereocenters. The molecule has 2 rings (SSSR count). The van der Waals surface area contributed by atoms with E-state index in [9.17, 15) is 4.79 Å². The second-order valence-corrected chi connectivity index (χ2v) is 4.64. The fourth-order valence-electron chi connectivity index (χ4n) is 1.58. The molecule has 0 aliphatic rings. The van der Waals surface area contributed by atoms with Crippen LogP contribution in [-0.4, -0.2) is 11.0 Å². The molecule has 0 radical (unpaired) electrons. The maximum atomic E-state index is 11.6. The molecule has 1 aromatic heterocycles. The summed E-state index contributed by atoms with van der Waals surface area (Å²) in [6.07, 6.45) is 4.96. The summed E-state index contributed by atoms with van der Waals surface area (Å²) in [7, 11) is 0. The van der Waals surface area contributed by atoms with Crippen molar-refractivity contribution in [3.8, 4) is 0 Å². The van der Waals surface area contributed by atoms with Gasteiger partial charge in [-0.2, -0.15) is 0 Å². The molecule has 2 amide bonds. The minimum atomic E-state index is -0.346. The first-order valence-corrected chi connectivity index (χ1v) is 6.43. The summed E-state index contributed by atoms with van der Waals surface area (Å²) >= 11 is 5.87. The summed E-state index contributed by atoms with van der Waals surface area (Å²) in [6, 6.07) is 10.6. The molecule has 0 bridgehead atoms. The molecule has 0 saturated carbocycles. The molecule has 0 aliphatic carbocycles. The maximum Gasteiger partial charge on any atom is 0.324 e. The van der Waals surface area contributed by atoms with Gasteiger partial charge in [0.1, 0.15) is 5.82 Å². The van der Waals surface area contributed by atoms with Crippen LogP contribution in [0.3, 0.4) is 0 Å². The second kappa shape index (κ2) is 6.73. The van der Waals surface area contributed by atoms with Crippen molar-refractivity contribution in [1.82, 2.24) is 10.3 Å². The molecule has 0 saturated heterocycles. The molecule has 0 spiro atoms. The third-order valence-electron chi connectivity index (χ3n) is 2.50. The average molecular weight is 288 g/mol. The van der Waals surface area contributed by atoms with Crippen molar-refractivity contribution >= 4 is 29.5 Å². The van der Waals surface area contributed by atoms with E-state index >= 15 is 0 Å². The molecule has 0 aliphatic heterocycles. The van der Waals surface area contributed by atoms with Crippen LogP contribution in [-0.2, 0) is 0 Å². The lowest BCUT2D eigenvalue weighted by Crippen LogP contribution is -2.24. The quantitative estimate of drug-likeness (QED) is 0.901. The predicted molar refractivity (Wildman–Crippen MR) is 81.6 cm³/mol. The summed E-state index contributed by atoms with van der Waals surface area (Å²) in [5, 5.41) is 5.90. The van der Waals surface area contributed by atoms with Crippen molar-refractivity contribution in [2.75, 3.05) is 5.32 Å². The fraction of sp³-hybridized carbons (Fsp3) is 0.0667. The SMILES string of the molecule is Cc1ccnc(NC(=O)N/C=C/c2cccc(Cl)c2)c1. The Balaban J connectivity index is 1.89. The highest BCUT2D eigenvalue weighted by Gasteiger charge is 1.99. The number of anilines is 1. The van der Waals surface area contributed by atoms with Crippen LogP contribution in [0.15, 0.2) is 48.8 Å². The Morgan fingerprint density at radius 1 is 1.30 bits per heavy atom. The van der Waals surface area contributed by atoms with Crippen molar-refractivity contribution in [2.45, 2.75) is 6.92 Å². The maximum absolute atomic E-state index is 11.6. The van der Waals surface area contributed by atoms with Gasteiger partial charge in [0, 0.05) is 17.4 Å². The van der Waals surface area contributed by atoms with Crippen LogP contribution in [0.1, 0.15) is 11.1 Å². The lowest BCUT2D eigenvalue weighted by Gasteiger charge is -2.04. The Labute approximate surface area is 122 Å². The first-order valence-electron chi connectivity index (χ1n) is 6.06. The number of nitrogens with one attached hydrogen (secondary N) is 2. The fourth-order valence-corrected chi connectivity index (χ4v) is 1.78. The number of halogens is 1. The number of urea groups is 1. The number of nitrogens with zero attached hydrogens (tertiary/aromatic N) is 1. The summed E-state index contributed by atoms with van der Waals surface area (Å²) < 4.78 is 0. The van der Waals surface area contributed by atoms with E-state index in [1.54, 1.807) is 36.7 Å². The Bertz CT molecular complexity index is 641. The van der Waals surface area contributed by atoms with Gasteiger partial charge >= 0.3 is 6.03 Å². The molecule has 2 aromatic rings. The van der Waals surface area contributed by atoms with Crippen molar-refractivity contribution in [3.05, 3.63) is 64.9 Å². The Morgan fingerprint density at radius 3 is 2.90 bits per heavy atom. The smallest absolute Gasteiger partial charge is 0.314 e. The van der Waals surface area contributed by atoms with Crippen LogP contribution in [0.25, 0.3) is 6.08 Å². The number of pyridine rings is 1. The van der Waals surface area contributed by atoms with Gasteiger partial charge in [0.2, 0.25) is 0 Å². The van der Waals surface area contributed by atoms with Crippen LogP contribution >= 0.6 is 11.6 Å². The van der Waals surface area contributed by atoms with Gasteiger partial charge in [0.05, 0.1) is 0 Å². The number of aryl methyl sites for hydroxylation is 1. The molecule has 0 fully saturated rings. The van der Waals surface area contributed by atoms with Crippen molar-refractivity contribution in [2.24, 2.45) is 0 Å².